The number of anilines is 1. The van der Waals surface area contributed by atoms with Crippen molar-refractivity contribution < 1.29 is 39.6 Å². The van der Waals surface area contributed by atoms with E-state index in [1.807, 2.05) is 19.0 Å². The molecule has 6 N–H and O–H groups in total. The fraction of sp³-hybridized carbons (Fsp3) is 0.517. The third-order valence-corrected chi connectivity index (χ3v) is 8.49. The van der Waals surface area contributed by atoms with Crippen LogP contribution in [0.25, 0.3) is 5.76 Å². The van der Waals surface area contributed by atoms with Crippen molar-refractivity contribution in [1.29, 1.82) is 0 Å². The lowest BCUT2D eigenvalue weighted by molar-refractivity contribution is -0.153. The van der Waals surface area contributed by atoms with Gasteiger partial charge in [-0.1, -0.05) is 0 Å². The van der Waals surface area contributed by atoms with E-state index in [2.05, 4.69) is 0 Å². The number of Topliss-reactive ketones (excluding diaryl/α,β-unsaturated/α-hetero) is 3. The monoisotopic (exact) mass is 570 g/mol. The van der Waals surface area contributed by atoms with Crippen LogP contribution in [0.1, 0.15) is 40.7 Å². The maximum atomic E-state index is 14.0. The molecule has 0 spiro atoms. The van der Waals surface area contributed by atoms with E-state index >= 15 is 0 Å². The predicted molar refractivity (Wildman–Crippen MR) is 151 cm³/mol. The molecule has 0 aromatic heterocycles. The summed E-state index contributed by atoms with van der Waals surface area (Å²) < 4.78 is 0. The number of benzene rings is 1. The Morgan fingerprint density at radius 3 is 2.24 bits per heavy atom. The van der Waals surface area contributed by atoms with Crippen LogP contribution in [0.4, 0.5) is 5.69 Å². The summed E-state index contributed by atoms with van der Waals surface area (Å²) in [6.45, 7) is 0.657. The summed E-state index contributed by atoms with van der Waals surface area (Å²) >= 11 is 0. The Morgan fingerprint density at radius 1 is 1.07 bits per heavy atom. The van der Waals surface area contributed by atoms with Gasteiger partial charge in [-0.25, -0.2) is 0 Å². The Bertz CT molecular complexity index is 1410. The molecule has 0 heterocycles. The summed E-state index contributed by atoms with van der Waals surface area (Å²) in [4.78, 5) is 57.7. The third-order valence-electron chi connectivity index (χ3n) is 8.49. The van der Waals surface area contributed by atoms with Crippen LogP contribution < -0.4 is 10.6 Å². The van der Waals surface area contributed by atoms with Crippen molar-refractivity contribution in [3.63, 3.8) is 0 Å². The molecule has 0 bridgehead atoms. The zero-order valence-corrected chi connectivity index (χ0v) is 24.2. The molecule has 12 heteroatoms. The molecule has 12 nitrogen and oxygen atoms in total. The average Bonchev–Trinajstić information content (AvgIpc) is 2.85. The van der Waals surface area contributed by atoms with Crippen LogP contribution in [-0.2, 0) is 20.8 Å². The highest BCUT2D eigenvalue weighted by molar-refractivity contribution is 6.24. The van der Waals surface area contributed by atoms with Crippen LogP contribution in [0.15, 0.2) is 23.0 Å². The molecule has 4 rings (SSSR count). The van der Waals surface area contributed by atoms with Gasteiger partial charge in [0.05, 0.1) is 17.2 Å². The van der Waals surface area contributed by atoms with Crippen molar-refractivity contribution in [2.75, 3.05) is 53.7 Å². The van der Waals surface area contributed by atoms with Gasteiger partial charge in [-0.2, -0.15) is 0 Å². The molecule has 1 saturated carbocycles. The number of amides is 1. The molecule has 2 unspecified atom stereocenters. The molecule has 0 aliphatic heterocycles. The molecule has 0 radical (unpaired) electrons. The number of aliphatic hydroxyl groups is 3. The predicted octanol–water partition coefficient (Wildman–Crippen LogP) is 0.555. The van der Waals surface area contributed by atoms with Crippen LogP contribution >= 0.6 is 0 Å². The lowest BCUT2D eigenvalue weighted by atomic mass is 9.57. The van der Waals surface area contributed by atoms with Crippen molar-refractivity contribution in [3.8, 4) is 5.75 Å². The summed E-state index contributed by atoms with van der Waals surface area (Å²) in [6, 6.07) is 0.419. The number of nitrogens with zero attached hydrogens (tertiary/aromatic N) is 3. The van der Waals surface area contributed by atoms with Gasteiger partial charge in [0.25, 0.3) is 5.91 Å². The van der Waals surface area contributed by atoms with Gasteiger partial charge in [-0.05, 0) is 71.5 Å². The Labute approximate surface area is 238 Å². The number of nitrogens with two attached hydrogens (primary N) is 1. The number of fused-ring (bicyclic) bond motifs is 3. The van der Waals surface area contributed by atoms with Gasteiger partial charge < -0.3 is 36.0 Å². The highest BCUT2D eigenvalue weighted by atomic mass is 16.3. The Kier molecular flexibility index (Phi) is 7.80. The number of ketones is 3. The summed E-state index contributed by atoms with van der Waals surface area (Å²) in [6.07, 6.45) is 0.822. The molecule has 1 fully saturated rings. The minimum absolute atomic E-state index is 0.00801. The molecule has 3 aliphatic carbocycles. The maximum Gasteiger partial charge on any atom is 0.255 e. The first-order chi connectivity index (χ1) is 19.0. The molecule has 1 amide bonds. The normalized spacial score (nSPS) is 25.8. The van der Waals surface area contributed by atoms with E-state index in [1.54, 1.807) is 39.2 Å². The maximum absolute atomic E-state index is 14.0. The van der Waals surface area contributed by atoms with Gasteiger partial charge in [0.2, 0.25) is 5.78 Å². The second-order valence-corrected chi connectivity index (χ2v) is 11.8. The Balaban J connectivity index is 1.92. The van der Waals surface area contributed by atoms with E-state index in [1.165, 1.54) is 4.90 Å². The topological polar surface area (TPSA) is 185 Å². The quantitative estimate of drug-likeness (QED) is 0.217. The number of likely N-dealkylation sites (N-methyl/N-ethyl adjacent to an activating group) is 1. The number of aromatic hydroxyl groups is 1. The first-order valence-electron chi connectivity index (χ1n) is 13.4. The number of phenolic OH excluding ortho intramolecular Hbond substituents is 1. The molecule has 3 aliphatic rings. The molecule has 222 valence electrons. The lowest BCUT2D eigenvalue weighted by Gasteiger charge is -2.50. The minimum atomic E-state index is -2.72. The number of carbonyl (C=O) groups excluding carboxylic acids is 4. The van der Waals surface area contributed by atoms with Gasteiger partial charge in [0, 0.05) is 37.7 Å². The second-order valence-electron chi connectivity index (χ2n) is 11.8. The molecule has 1 aromatic carbocycles. The van der Waals surface area contributed by atoms with Crippen LogP contribution in [0, 0.1) is 11.8 Å². The van der Waals surface area contributed by atoms with Gasteiger partial charge in [-0.15, -0.1) is 0 Å². The molecular weight excluding hydrogens is 532 g/mol. The van der Waals surface area contributed by atoms with Crippen molar-refractivity contribution in [2.45, 2.75) is 37.3 Å². The third kappa shape index (κ3) is 4.59. The number of primary amides is 1. The molecule has 0 saturated heterocycles. The smallest absolute Gasteiger partial charge is 0.255 e. The first-order valence-corrected chi connectivity index (χ1v) is 13.4. The highest BCUT2D eigenvalue weighted by Crippen LogP contribution is 2.54. The largest absolute Gasteiger partial charge is 0.508 e. The summed E-state index contributed by atoms with van der Waals surface area (Å²) in [5.41, 5.74) is 2.49. The summed E-state index contributed by atoms with van der Waals surface area (Å²) in [7, 11) is 10.4. The molecule has 1 aromatic rings. The minimum Gasteiger partial charge on any atom is -0.508 e. The van der Waals surface area contributed by atoms with Crippen LogP contribution in [0.2, 0.25) is 0 Å². The molecule has 4 atom stereocenters. The van der Waals surface area contributed by atoms with Crippen LogP contribution in [-0.4, -0.2) is 114 Å². The van der Waals surface area contributed by atoms with Gasteiger partial charge >= 0.3 is 0 Å². The van der Waals surface area contributed by atoms with Gasteiger partial charge in [-0.3, -0.25) is 24.1 Å². The fourth-order valence-corrected chi connectivity index (χ4v) is 6.59. The number of phenols is 1. The number of carbonyl (C=O) groups is 4. The van der Waals surface area contributed by atoms with Crippen molar-refractivity contribution in [2.24, 2.45) is 17.6 Å². The van der Waals surface area contributed by atoms with Crippen molar-refractivity contribution >= 4 is 34.7 Å². The van der Waals surface area contributed by atoms with Gasteiger partial charge in [0.1, 0.15) is 22.8 Å². The fourth-order valence-electron chi connectivity index (χ4n) is 6.59. The standard InChI is InChI=1S/C29H38N4O8/c1-31(2)9-7-8-18(34)15-12-17(32(3)4)14-10-13-11-16-22(33(5)6)25(37)21(28(30)40)27(39)29(16,41)26(38)19(13)24(36)20(14)23(15)35/h12-13,16,22,35-36,39,41H,7-11H2,1-6H3,(H2,30,40)/t13?,16?,22-,29-/m0/s1. The lowest BCUT2D eigenvalue weighted by Crippen LogP contribution is -2.65. The van der Waals surface area contributed by atoms with E-state index in [0.717, 1.165) is 0 Å². The van der Waals surface area contributed by atoms with Crippen LogP contribution in [0.3, 0.4) is 0 Å². The second kappa shape index (κ2) is 10.6. The zero-order chi connectivity index (χ0) is 30.7. The Hall–Kier alpha value is -3.74. The van der Waals surface area contributed by atoms with E-state index in [-0.39, 0.29) is 41.7 Å². The van der Waals surface area contributed by atoms with Crippen molar-refractivity contribution in [1.82, 2.24) is 9.80 Å². The molecule has 41 heavy (non-hydrogen) atoms. The van der Waals surface area contributed by atoms with E-state index in [4.69, 9.17) is 5.73 Å². The molecular formula is C29H38N4O8. The summed E-state index contributed by atoms with van der Waals surface area (Å²) in [5.74, 6) is -7.62. The van der Waals surface area contributed by atoms with E-state index in [0.29, 0.717) is 24.2 Å². The van der Waals surface area contributed by atoms with Crippen molar-refractivity contribution in [3.05, 3.63) is 39.7 Å². The number of hydrogen-bond acceptors (Lipinski definition) is 11. The summed E-state index contributed by atoms with van der Waals surface area (Å²) in [5, 5.41) is 45.6. The average molecular weight is 571 g/mol. The van der Waals surface area contributed by atoms with E-state index in [9.17, 15) is 39.6 Å². The Morgan fingerprint density at radius 2 is 1.71 bits per heavy atom. The SMILES string of the molecule is CN(C)CCCC(=O)c1cc(N(C)C)c2c(c1O)C(O)=C1C(=O)[C@]3(O)C(O)=C(C(N)=O)C(=O)[C@@H](N(C)C)C3CC1C2. The van der Waals surface area contributed by atoms with Gasteiger partial charge in [0.15, 0.2) is 17.2 Å². The van der Waals surface area contributed by atoms with Crippen LogP contribution in [0.5, 0.6) is 5.75 Å². The zero-order valence-electron chi connectivity index (χ0n) is 24.2. The number of rotatable bonds is 8. The highest BCUT2D eigenvalue weighted by Gasteiger charge is 2.64. The van der Waals surface area contributed by atoms with E-state index < -0.39 is 63.8 Å². The number of aliphatic hydroxyl groups excluding tert-OH is 2. The number of hydrogen-bond donors (Lipinski definition) is 5. The first kappa shape index (κ1) is 30.2.